The van der Waals surface area contributed by atoms with E-state index in [9.17, 15) is 0 Å². The molecule has 1 heteroatoms. The lowest BCUT2D eigenvalue weighted by atomic mass is 9.89. The van der Waals surface area contributed by atoms with Gasteiger partial charge in [0.25, 0.3) is 0 Å². The highest BCUT2D eigenvalue weighted by Gasteiger charge is 2.11. The summed E-state index contributed by atoms with van der Waals surface area (Å²) in [5.74, 6) is 0.852. The zero-order valence-corrected chi connectivity index (χ0v) is 14.9. The summed E-state index contributed by atoms with van der Waals surface area (Å²) < 4.78 is 0. The first-order valence-electron chi connectivity index (χ1n) is 9.77. The normalized spacial score (nSPS) is 19.9. The molecule has 1 nitrogen and oxygen atoms in total. The highest BCUT2D eigenvalue weighted by molar-refractivity contribution is 5.33. The number of rotatable bonds is 5. The molecule has 0 heterocycles. The van der Waals surface area contributed by atoms with Crippen molar-refractivity contribution in [2.24, 2.45) is 5.92 Å². The molecule has 0 radical (unpaired) electrons. The molecule has 0 amide bonds. The SMILES string of the molecule is CN(C/C=C/C1CCCCC1)Cc1ccc2c(c1)CCCCC2. The van der Waals surface area contributed by atoms with Gasteiger partial charge in [-0.1, -0.05) is 56.0 Å². The molecule has 0 aromatic heterocycles. The summed E-state index contributed by atoms with van der Waals surface area (Å²) in [6.07, 6.45) is 18.7. The van der Waals surface area contributed by atoms with Crippen LogP contribution in [0.15, 0.2) is 30.4 Å². The molecule has 1 aromatic carbocycles. The average molecular weight is 312 g/mol. The van der Waals surface area contributed by atoms with E-state index in [0.29, 0.717) is 0 Å². The van der Waals surface area contributed by atoms with Crippen LogP contribution in [-0.4, -0.2) is 18.5 Å². The molecule has 2 aliphatic rings. The zero-order chi connectivity index (χ0) is 15.9. The van der Waals surface area contributed by atoms with E-state index >= 15 is 0 Å². The third kappa shape index (κ3) is 5.21. The topological polar surface area (TPSA) is 3.24 Å². The van der Waals surface area contributed by atoms with Gasteiger partial charge in [0.2, 0.25) is 0 Å². The van der Waals surface area contributed by atoms with Crippen molar-refractivity contribution in [1.29, 1.82) is 0 Å². The Morgan fingerprint density at radius 1 is 0.957 bits per heavy atom. The van der Waals surface area contributed by atoms with E-state index in [-0.39, 0.29) is 0 Å². The Morgan fingerprint density at radius 3 is 2.52 bits per heavy atom. The Bertz CT molecular complexity index is 511. The van der Waals surface area contributed by atoms with Crippen LogP contribution in [0.25, 0.3) is 0 Å². The van der Waals surface area contributed by atoms with Gasteiger partial charge in [0.1, 0.15) is 0 Å². The summed E-state index contributed by atoms with van der Waals surface area (Å²) in [5.41, 5.74) is 4.71. The van der Waals surface area contributed by atoms with E-state index in [1.165, 1.54) is 69.8 Å². The highest BCUT2D eigenvalue weighted by Crippen LogP contribution is 2.25. The van der Waals surface area contributed by atoms with Crippen LogP contribution < -0.4 is 0 Å². The van der Waals surface area contributed by atoms with Gasteiger partial charge in [-0.2, -0.15) is 0 Å². The lowest BCUT2D eigenvalue weighted by molar-refractivity contribution is 0.360. The number of fused-ring (bicyclic) bond motifs is 1. The van der Waals surface area contributed by atoms with Gasteiger partial charge in [-0.15, -0.1) is 0 Å². The monoisotopic (exact) mass is 311 g/mol. The fourth-order valence-electron chi connectivity index (χ4n) is 4.20. The van der Waals surface area contributed by atoms with E-state index in [1.54, 1.807) is 11.1 Å². The molecule has 0 atom stereocenters. The third-order valence-electron chi connectivity index (χ3n) is 5.59. The molecule has 3 rings (SSSR count). The smallest absolute Gasteiger partial charge is 0.0234 e. The standard InChI is InChI=1S/C22H33N/c1-23(16-8-11-19-9-4-2-5-10-19)18-20-14-15-21-12-6-3-7-13-22(21)17-20/h8,11,14-15,17,19H,2-7,9-10,12-13,16,18H2,1H3/b11-8+. The second-order valence-electron chi connectivity index (χ2n) is 7.69. The predicted octanol–water partition coefficient (Wildman–Crippen LogP) is 5.52. The number of aryl methyl sites for hydroxylation is 2. The Hall–Kier alpha value is -1.08. The van der Waals surface area contributed by atoms with Gasteiger partial charge in [0.05, 0.1) is 0 Å². The molecule has 1 fully saturated rings. The minimum absolute atomic E-state index is 0.852. The molecular formula is C22H33N. The maximum absolute atomic E-state index is 2.48. The molecular weight excluding hydrogens is 278 g/mol. The fourth-order valence-corrected chi connectivity index (χ4v) is 4.20. The first-order chi connectivity index (χ1) is 11.3. The van der Waals surface area contributed by atoms with Crippen LogP contribution in [0.5, 0.6) is 0 Å². The number of hydrogen-bond acceptors (Lipinski definition) is 1. The van der Waals surface area contributed by atoms with Crippen molar-refractivity contribution in [2.45, 2.75) is 70.8 Å². The lowest BCUT2D eigenvalue weighted by Crippen LogP contribution is -2.18. The molecule has 126 valence electrons. The molecule has 0 spiro atoms. The minimum Gasteiger partial charge on any atom is -0.298 e. The number of hydrogen-bond donors (Lipinski definition) is 0. The van der Waals surface area contributed by atoms with Crippen molar-refractivity contribution in [3.8, 4) is 0 Å². The van der Waals surface area contributed by atoms with Crippen molar-refractivity contribution in [2.75, 3.05) is 13.6 Å². The number of benzene rings is 1. The summed E-state index contributed by atoms with van der Waals surface area (Å²) in [6.45, 7) is 2.15. The van der Waals surface area contributed by atoms with Gasteiger partial charge in [-0.05, 0) is 68.2 Å². The van der Waals surface area contributed by atoms with Crippen molar-refractivity contribution in [3.63, 3.8) is 0 Å². The predicted molar refractivity (Wildman–Crippen MR) is 99.8 cm³/mol. The third-order valence-corrected chi connectivity index (χ3v) is 5.59. The first-order valence-corrected chi connectivity index (χ1v) is 9.77. The van der Waals surface area contributed by atoms with Crippen molar-refractivity contribution in [1.82, 2.24) is 4.90 Å². The van der Waals surface area contributed by atoms with Gasteiger partial charge < -0.3 is 0 Å². The molecule has 0 bridgehead atoms. The number of nitrogens with zero attached hydrogens (tertiary/aromatic N) is 1. The van der Waals surface area contributed by atoms with Gasteiger partial charge in [-0.25, -0.2) is 0 Å². The maximum Gasteiger partial charge on any atom is 0.0234 e. The molecule has 1 saturated carbocycles. The van der Waals surface area contributed by atoms with E-state index in [4.69, 9.17) is 0 Å². The van der Waals surface area contributed by atoms with E-state index < -0.39 is 0 Å². The minimum atomic E-state index is 0.852. The van der Waals surface area contributed by atoms with Gasteiger partial charge in [-0.3, -0.25) is 4.90 Å². The fraction of sp³-hybridized carbons (Fsp3) is 0.636. The molecule has 0 saturated heterocycles. The van der Waals surface area contributed by atoms with Crippen LogP contribution in [0, 0.1) is 5.92 Å². The quantitative estimate of drug-likeness (QED) is 0.511. The van der Waals surface area contributed by atoms with Crippen LogP contribution in [0.4, 0.5) is 0 Å². The number of allylic oxidation sites excluding steroid dienone is 1. The van der Waals surface area contributed by atoms with E-state index in [2.05, 4.69) is 42.3 Å². The first kappa shape index (κ1) is 16.8. The largest absolute Gasteiger partial charge is 0.298 e. The maximum atomic E-state index is 2.48. The summed E-state index contributed by atoms with van der Waals surface area (Å²) in [6, 6.07) is 7.22. The summed E-state index contributed by atoms with van der Waals surface area (Å²) in [7, 11) is 2.25. The number of likely N-dealkylation sites (N-methyl/N-ethyl adjacent to an activating group) is 1. The average Bonchev–Trinajstić information content (AvgIpc) is 2.81. The summed E-state index contributed by atoms with van der Waals surface area (Å²) in [5, 5.41) is 0. The van der Waals surface area contributed by atoms with Crippen LogP contribution >= 0.6 is 0 Å². The Kier molecular flexibility index (Phi) is 6.33. The van der Waals surface area contributed by atoms with Crippen molar-refractivity contribution >= 4 is 0 Å². The molecule has 0 aliphatic heterocycles. The molecule has 2 aliphatic carbocycles. The van der Waals surface area contributed by atoms with Crippen LogP contribution in [0.3, 0.4) is 0 Å². The Labute approximate surface area is 142 Å². The zero-order valence-electron chi connectivity index (χ0n) is 14.9. The molecule has 0 N–H and O–H groups in total. The van der Waals surface area contributed by atoms with Gasteiger partial charge in [0, 0.05) is 13.1 Å². The van der Waals surface area contributed by atoms with E-state index in [1.807, 2.05) is 0 Å². The van der Waals surface area contributed by atoms with Crippen molar-refractivity contribution < 1.29 is 0 Å². The van der Waals surface area contributed by atoms with E-state index in [0.717, 1.165) is 19.0 Å². The van der Waals surface area contributed by atoms with Crippen molar-refractivity contribution in [3.05, 3.63) is 47.0 Å². The van der Waals surface area contributed by atoms with Crippen LogP contribution in [0.1, 0.15) is 68.1 Å². The second-order valence-corrected chi connectivity index (χ2v) is 7.69. The highest BCUT2D eigenvalue weighted by atomic mass is 15.1. The summed E-state index contributed by atoms with van der Waals surface area (Å²) in [4.78, 5) is 2.44. The van der Waals surface area contributed by atoms with Crippen LogP contribution in [0.2, 0.25) is 0 Å². The van der Waals surface area contributed by atoms with Gasteiger partial charge in [0.15, 0.2) is 0 Å². The van der Waals surface area contributed by atoms with Gasteiger partial charge >= 0.3 is 0 Å². The lowest BCUT2D eigenvalue weighted by Gasteiger charge is -2.19. The summed E-state index contributed by atoms with van der Waals surface area (Å²) >= 11 is 0. The van der Waals surface area contributed by atoms with Crippen LogP contribution in [-0.2, 0) is 19.4 Å². The molecule has 0 unspecified atom stereocenters. The molecule has 23 heavy (non-hydrogen) atoms. The Morgan fingerprint density at radius 2 is 1.70 bits per heavy atom. The molecule has 1 aromatic rings. The Balaban J connectivity index is 1.50. The second kappa shape index (κ2) is 8.68.